The zero-order valence-corrected chi connectivity index (χ0v) is 10.6. The predicted molar refractivity (Wildman–Crippen MR) is 65.2 cm³/mol. The summed E-state index contributed by atoms with van der Waals surface area (Å²) in [6, 6.07) is 0.595. The van der Waals surface area contributed by atoms with Crippen LogP contribution in [0.3, 0.4) is 0 Å². The molecule has 2 fully saturated rings. The van der Waals surface area contributed by atoms with E-state index in [2.05, 4.69) is 11.9 Å². The first-order valence-electron chi connectivity index (χ1n) is 6.18. The summed E-state index contributed by atoms with van der Waals surface area (Å²) in [4.78, 5) is 16.4. The third-order valence-corrected chi connectivity index (χ3v) is 3.84. The Labute approximate surface area is 98.1 Å². The van der Waals surface area contributed by atoms with Gasteiger partial charge in [0, 0.05) is 38.3 Å². The zero-order chi connectivity index (χ0) is 11.7. The van der Waals surface area contributed by atoms with Gasteiger partial charge in [0.1, 0.15) is 0 Å². The molecule has 0 unspecified atom stereocenters. The summed E-state index contributed by atoms with van der Waals surface area (Å²) in [7, 11) is 6.16. The maximum atomic E-state index is 12.0. The average molecular weight is 222 g/mol. The number of hydrogen-bond donors (Lipinski definition) is 0. The molecule has 0 aromatic rings. The molecule has 0 radical (unpaired) electrons. The molecule has 90 valence electrons. The van der Waals surface area contributed by atoms with Gasteiger partial charge in [0.05, 0.1) is 0 Å². The number of rotatable bonds is 1. The van der Waals surface area contributed by atoms with Crippen LogP contribution < -0.4 is 0 Å². The van der Waals surface area contributed by atoms with Crippen molar-refractivity contribution < 1.29 is 4.79 Å². The van der Waals surface area contributed by atoms with Gasteiger partial charge in [-0.2, -0.15) is 0 Å². The van der Waals surface area contributed by atoms with E-state index in [4.69, 9.17) is 0 Å². The van der Waals surface area contributed by atoms with E-state index in [0.717, 1.165) is 18.4 Å². The fraction of sp³-hybridized carbons (Fsp3) is 0.769. The Kier molecular flexibility index (Phi) is 3.33. The minimum absolute atomic E-state index is 0.366. The Hall–Kier alpha value is -0.830. The van der Waals surface area contributed by atoms with Crippen LogP contribution in [-0.2, 0) is 4.79 Å². The van der Waals surface area contributed by atoms with Gasteiger partial charge in [-0.25, -0.2) is 0 Å². The van der Waals surface area contributed by atoms with E-state index in [1.807, 2.05) is 25.2 Å². The standard InChI is InChI=1S/C13H22N2O/c1-14(2)9-11-7-12-10(8-13(11)16)5-4-6-15(12)3/h9-10,12H,4-8H2,1-3H3/t10-,12-/m1/s1. The smallest absolute Gasteiger partial charge is 0.160 e. The number of ketones is 1. The molecule has 16 heavy (non-hydrogen) atoms. The summed E-state index contributed by atoms with van der Waals surface area (Å²) in [6.45, 7) is 1.19. The lowest BCUT2D eigenvalue weighted by atomic mass is 9.76. The summed E-state index contributed by atoms with van der Waals surface area (Å²) >= 11 is 0. The lowest BCUT2D eigenvalue weighted by Gasteiger charge is -2.42. The Morgan fingerprint density at radius 2 is 2.12 bits per heavy atom. The molecule has 1 saturated carbocycles. The Balaban J connectivity index is 2.13. The van der Waals surface area contributed by atoms with Crippen LogP contribution in [0.4, 0.5) is 0 Å². The van der Waals surface area contributed by atoms with Crippen LogP contribution >= 0.6 is 0 Å². The van der Waals surface area contributed by atoms with Crippen LogP contribution in [0.2, 0.25) is 0 Å². The summed E-state index contributed by atoms with van der Waals surface area (Å²) in [5.41, 5.74) is 1.01. The van der Waals surface area contributed by atoms with E-state index in [1.165, 1.54) is 19.4 Å². The second-order valence-electron chi connectivity index (χ2n) is 5.40. The Bertz CT molecular complexity index is 309. The van der Waals surface area contributed by atoms with Gasteiger partial charge >= 0.3 is 0 Å². The van der Waals surface area contributed by atoms with Crippen molar-refractivity contribution in [1.29, 1.82) is 0 Å². The Morgan fingerprint density at radius 1 is 1.38 bits per heavy atom. The fourth-order valence-corrected chi connectivity index (χ4v) is 3.03. The van der Waals surface area contributed by atoms with E-state index < -0.39 is 0 Å². The second kappa shape index (κ2) is 4.58. The topological polar surface area (TPSA) is 23.6 Å². The molecule has 0 aromatic heterocycles. The maximum Gasteiger partial charge on any atom is 0.160 e. The minimum atomic E-state index is 0.366. The van der Waals surface area contributed by atoms with Crippen molar-refractivity contribution in [3.05, 3.63) is 11.8 Å². The molecule has 1 heterocycles. The second-order valence-corrected chi connectivity index (χ2v) is 5.40. The molecule has 1 saturated heterocycles. The van der Waals surface area contributed by atoms with Gasteiger partial charge in [0.2, 0.25) is 0 Å². The molecule has 3 nitrogen and oxygen atoms in total. The summed E-state index contributed by atoms with van der Waals surface area (Å²) in [6.07, 6.45) is 6.18. The SMILES string of the molecule is CN(C)C=C1C[C@@H]2[C@H](CCCN2C)CC1=O. The van der Waals surface area contributed by atoms with E-state index >= 15 is 0 Å². The largest absolute Gasteiger partial charge is 0.383 e. The van der Waals surface area contributed by atoms with Gasteiger partial charge in [0.25, 0.3) is 0 Å². The highest BCUT2D eigenvalue weighted by Crippen LogP contribution is 2.35. The van der Waals surface area contributed by atoms with Crippen molar-refractivity contribution in [2.75, 3.05) is 27.7 Å². The molecule has 0 N–H and O–H groups in total. The van der Waals surface area contributed by atoms with Crippen molar-refractivity contribution in [3.63, 3.8) is 0 Å². The highest BCUT2D eigenvalue weighted by atomic mass is 16.1. The minimum Gasteiger partial charge on any atom is -0.383 e. The van der Waals surface area contributed by atoms with E-state index in [0.29, 0.717) is 17.7 Å². The number of Topliss-reactive ketones (excluding diaryl/α,β-unsaturated/α-hetero) is 1. The van der Waals surface area contributed by atoms with E-state index in [9.17, 15) is 4.79 Å². The van der Waals surface area contributed by atoms with Crippen LogP contribution in [0.5, 0.6) is 0 Å². The summed E-state index contributed by atoms with van der Waals surface area (Å²) in [5.74, 6) is 0.968. The highest BCUT2D eigenvalue weighted by molar-refractivity contribution is 5.96. The van der Waals surface area contributed by atoms with E-state index in [1.54, 1.807) is 0 Å². The molecule has 3 heteroatoms. The van der Waals surface area contributed by atoms with Crippen LogP contribution in [0.25, 0.3) is 0 Å². The van der Waals surface area contributed by atoms with Gasteiger partial charge in [-0.3, -0.25) is 4.79 Å². The first-order valence-corrected chi connectivity index (χ1v) is 6.18. The molecule has 0 aromatic carbocycles. The Morgan fingerprint density at radius 3 is 2.81 bits per heavy atom. The maximum absolute atomic E-state index is 12.0. The van der Waals surface area contributed by atoms with Crippen molar-refractivity contribution in [2.24, 2.45) is 5.92 Å². The van der Waals surface area contributed by atoms with Crippen LogP contribution in [0, 0.1) is 5.92 Å². The normalized spacial score (nSPS) is 33.9. The summed E-state index contributed by atoms with van der Waals surface area (Å²) in [5, 5.41) is 0. The van der Waals surface area contributed by atoms with Crippen molar-refractivity contribution in [2.45, 2.75) is 31.7 Å². The molecule has 2 aliphatic rings. The van der Waals surface area contributed by atoms with Crippen molar-refractivity contribution in [1.82, 2.24) is 9.80 Å². The molecule has 1 aliphatic heterocycles. The lowest BCUT2D eigenvalue weighted by molar-refractivity contribution is -0.119. The first kappa shape index (κ1) is 11.6. The molecule has 0 amide bonds. The van der Waals surface area contributed by atoms with E-state index in [-0.39, 0.29) is 0 Å². The van der Waals surface area contributed by atoms with Gasteiger partial charge in [-0.05, 0) is 38.8 Å². The highest BCUT2D eigenvalue weighted by Gasteiger charge is 2.36. The molecule has 2 rings (SSSR count). The van der Waals surface area contributed by atoms with Crippen LogP contribution in [0.15, 0.2) is 11.8 Å². The predicted octanol–water partition coefficient (Wildman–Crippen LogP) is 1.51. The molecule has 2 atom stereocenters. The average Bonchev–Trinajstić information content (AvgIpc) is 2.20. The third kappa shape index (κ3) is 2.29. The quantitative estimate of drug-likeness (QED) is 0.628. The number of nitrogens with zero attached hydrogens (tertiary/aromatic N) is 2. The number of fused-ring (bicyclic) bond motifs is 1. The van der Waals surface area contributed by atoms with Gasteiger partial charge < -0.3 is 9.80 Å². The molecule has 1 aliphatic carbocycles. The number of piperidine rings is 1. The number of carbonyl (C=O) groups excluding carboxylic acids is 1. The van der Waals surface area contributed by atoms with Crippen molar-refractivity contribution >= 4 is 5.78 Å². The number of carbonyl (C=O) groups is 1. The molecular formula is C13H22N2O. The van der Waals surface area contributed by atoms with Gasteiger partial charge in [-0.1, -0.05) is 0 Å². The monoisotopic (exact) mass is 222 g/mol. The fourth-order valence-electron chi connectivity index (χ4n) is 3.03. The number of hydrogen-bond acceptors (Lipinski definition) is 3. The third-order valence-electron chi connectivity index (χ3n) is 3.84. The molecule has 0 spiro atoms. The van der Waals surface area contributed by atoms with Crippen LogP contribution in [-0.4, -0.2) is 49.3 Å². The molecule has 0 bridgehead atoms. The number of likely N-dealkylation sites (tertiary alicyclic amines) is 1. The zero-order valence-electron chi connectivity index (χ0n) is 10.6. The van der Waals surface area contributed by atoms with Gasteiger partial charge in [0.15, 0.2) is 5.78 Å². The van der Waals surface area contributed by atoms with Crippen LogP contribution in [0.1, 0.15) is 25.7 Å². The first-order chi connectivity index (χ1) is 7.58. The summed E-state index contributed by atoms with van der Waals surface area (Å²) < 4.78 is 0. The lowest BCUT2D eigenvalue weighted by Crippen LogP contribution is -2.46. The van der Waals surface area contributed by atoms with Gasteiger partial charge in [-0.15, -0.1) is 0 Å². The molecular weight excluding hydrogens is 200 g/mol. The van der Waals surface area contributed by atoms with Crippen molar-refractivity contribution in [3.8, 4) is 0 Å².